The summed E-state index contributed by atoms with van der Waals surface area (Å²) in [6.07, 6.45) is 12.9. The maximum atomic E-state index is 2.50. The van der Waals surface area contributed by atoms with Crippen LogP contribution in [0.5, 0.6) is 0 Å². The molecule has 149 valence electrons. The average Bonchev–Trinajstić information content (AvgIpc) is 3.00. The van der Waals surface area contributed by atoms with Crippen LogP contribution in [0.1, 0.15) is 79.1 Å². The predicted octanol–water partition coefficient (Wildman–Crippen LogP) is 1.66. The average molecular weight is 494 g/mol. The van der Waals surface area contributed by atoms with E-state index in [1.807, 2.05) is 0 Å². The molecule has 28 heavy (non-hydrogen) atoms. The van der Waals surface area contributed by atoms with Gasteiger partial charge in [0.1, 0.15) is 0 Å². The van der Waals surface area contributed by atoms with Crippen LogP contribution in [0.15, 0.2) is 48.0 Å². The third-order valence-corrected chi connectivity index (χ3v) is 7.23. The molecule has 1 aliphatic carbocycles. The molecule has 2 aromatic carbocycles. The van der Waals surface area contributed by atoms with Crippen molar-refractivity contribution in [3.8, 4) is 11.1 Å². The fourth-order valence-corrected chi connectivity index (χ4v) is 5.10. The summed E-state index contributed by atoms with van der Waals surface area (Å²) in [6, 6.07) is 16.2. The van der Waals surface area contributed by atoms with Gasteiger partial charge in [-0.25, -0.2) is 0 Å². The quantitative estimate of drug-likeness (QED) is 0.467. The fourth-order valence-electron chi connectivity index (χ4n) is 3.92. The number of allylic oxidation sites excluding steroid dienone is 1. The summed E-state index contributed by atoms with van der Waals surface area (Å²) in [7, 11) is 0. The molecule has 1 unspecified atom stereocenters. The fraction of sp³-hybridized carbons (Fsp3) is 0.440. The van der Waals surface area contributed by atoms with E-state index < -0.39 is 0 Å². The Morgan fingerprint density at radius 1 is 0.786 bits per heavy atom. The Balaban J connectivity index is 0.00000196. The summed E-state index contributed by atoms with van der Waals surface area (Å²) in [5.74, 6) is 0. The van der Waals surface area contributed by atoms with Gasteiger partial charge in [0.2, 0.25) is 0 Å². The largest absolute Gasteiger partial charge is 1.00 e. The Hall–Kier alpha value is -0.357. The first-order valence-corrected chi connectivity index (χ1v) is 11.8. The van der Waals surface area contributed by atoms with E-state index in [0.29, 0.717) is 3.63 Å². The van der Waals surface area contributed by atoms with E-state index in [-0.39, 0.29) is 24.8 Å². The molecule has 0 saturated carbocycles. The van der Waals surface area contributed by atoms with Gasteiger partial charge in [0.15, 0.2) is 0 Å². The topological polar surface area (TPSA) is 0 Å². The molecule has 0 heterocycles. The Labute approximate surface area is 199 Å². The molecule has 0 nitrogen and oxygen atoms in total. The number of rotatable bonds is 9. The number of hydrogen-bond acceptors (Lipinski definition) is 0. The first-order chi connectivity index (χ1) is 12.7. The van der Waals surface area contributed by atoms with Crippen LogP contribution in [-0.4, -0.2) is 0 Å². The van der Waals surface area contributed by atoms with Gasteiger partial charge < -0.3 is 24.8 Å². The van der Waals surface area contributed by atoms with Crippen LogP contribution in [0.25, 0.3) is 17.2 Å². The minimum Gasteiger partial charge on any atom is -1.00 e. The van der Waals surface area contributed by atoms with Crippen LogP contribution in [-0.2, 0) is 31.1 Å². The van der Waals surface area contributed by atoms with Crippen LogP contribution >= 0.6 is 0 Å². The van der Waals surface area contributed by atoms with Crippen LogP contribution in [0, 0.1) is 0 Å². The molecule has 0 spiro atoms. The van der Waals surface area contributed by atoms with Crippen molar-refractivity contribution in [3.63, 3.8) is 0 Å². The monoisotopic (exact) mass is 491 g/mol. The van der Waals surface area contributed by atoms with Crippen molar-refractivity contribution in [2.75, 3.05) is 0 Å². The molecule has 1 atom stereocenters. The van der Waals surface area contributed by atoms with Crippen molar-refractivity contribution >= 4 is 6.08 Å². The summed E-state index contributed by atoms with van der Waals surface area (Å²) >= 11 is 1.63. The van der Waals surface area contributed by atoms with Gasteiger partial charge in [-0.2, -0.15) is 0 Å². The van der Waals surface area contributed by atoms with Crippen LogP contribution in [0.3, 0.4) is 0 Å². The van der Waals surface area contributed by atoms with Gasteiger partial charge in [-0.1, -0.05) is 13.3 Å². The molecule has 0 aromatic heterocycles. The van der Waals surface area contributed by atoms with Crippen molar-refractivity contribution < 1.29 is 49.5 Å². The number of hydrogen-bond donors (Lipinski definition) is 0. The second-order valence-corrected chi connectivity index (χ2v) is 8.99. The second kappa shape index (κ2) is 13.0. The smallest absolute Gasteiger partial charge is 1.00 e. The van der Waals surface area contributed by atoms with E-state index in [9.17, 15) is 0 Å². The van der Waals surface area contributed by atoms with E-state index >= 15 is 0 Å². The van der Waals surface area contributed by atoms with Crippen LogP contribution < -0.4 is 24.8 Å². The number of halogens is 2. The number of aryl methyl sites for hydroxylation is 1. The molecule has 2 aromatic rings. The molecule has 3 rings (SSSR count). The first-order valence-electron chi connectivity index (χ1n) is 10.4. The summed E-state index contributed by atoms with van der Waals surface area (Å²) in [5.41, 5.74) is 8.95. The molecule has 3 heteroatoms. The molecule has 1 aliphatic rings. The number of unbranched alkanes of at least 4 members (excludes halogenated alkanes) is 4. The molecule has 0 saturated heterocycles. The zero-order valence-electron chi connectivity index (χ0n) is 17.1. The van der Waals surface area contributed by atoms with E-state index in [2.05, 4.69) is 62.4 Å². The minimum atomic E-state index is 0. The SMILES string of the molecule is CCCCCCc1ccc(-c2cccc3c2C=C(CCCC)[CH]3[Zr+2])cc1.[Cl-].[Cl-]. The normalized spacial score (nSPS) is 14.7. The molecule has 0 radical (unpaired) electrons. The Morgan fingerprint density at radius 3 is 2.18 bits per heavy atom. The standard InChI is InChI=1S/C25H31.2ClH.Zr/c1-3-5-7-8-11-20-14-16-22(17-15-20)24-13-9-12-23-18-21(10-6-4-2)19-25(23)24;;;/h9,12-19H,3-8,10-11H2,1-2H3;2*1H;/q;;;+2/p-2. The minimum absolute atomic E-state index is 0. The van der Waals surface area contributed by atoms with Gasteiger partial charge in [-0.05, 0) is 0 Å². The summed E-state index contributed by atoms with van der Waals surface area (Å²) in [6.45, 7) is 4.56. The molecule has 0 aliphatic heterocycles. The van der Waals surface area contributed by atoms with Crippen molar-refractivity contribution in [2.24, 2.45) is 0 Å². The molecule has 0 fully saturated rings. The van der Waals surface area contributed by atoms with Crippen molar-refractivity contribution in [3.05, 3.63) is 64.7 Å². The van der Waals surface area contributed by atoms with E-state index in [0.717, 1.165) is 0 Å². The second-order valence-electron chi connectivity index (χ2n) is 7.57. The van der Waals surface area contributed by atoms with Crippen molar-refractivity contribution in [2.45, 2.75) is 68.8 Å². The zero-order valence-corrected chi connectivity index (χ0v) is 21.1. The first kappa shape index (κ1) is 25.7. The summed E-state index contributed by atoms with van der Waals surface area (Å²) in [4.78, 5) is 0. The third-order valence-electron chi connectivity index (χ3n) is 5.55. The van der Waals surface area contributed by atoms with E-state index in [1.54, 1.807) is 35.9 Å². The molecule has 0 amide bonds. The van der Waals surface area contributed by atoms with Crippen molar-refractivity contribution in [1.29, 1.82) is 0 Å². The maximum absolute atomic E-state index is 2.50. The summed E-state index contributed by atoms with van der Waals surface area (Å²) < 4.78 is 0.668. The van der Waals surface area contributed by atoms with Crippen molar-refractivity contribution in [1.82, 2.24) is 0 Å². The Bertz CT molecular complexity index is 750. The van der Waals surface area contributed by atoms with E-state index in [4.69, 9.17) is 0 Å². The molecular weight excluding hydrogens is 462 g/mol. The van der Waals surface area contributed by atoms with Crippen LogP contribution in [0.2, 0.25) is 0 Å². The van der Waals surface area contributed by atoms with Gasteiger partial charge in [-0.3, -0.25) is 0 Å². The van der Waals surface area contributed by atoms with Gasteiger partial charge in [0, 0.05) is 0 Å². The van der Waals surface area contributed by atoms with Gasteiger partial charge >= 0.3 is 162 Å². The maximum Gasteiger partial charge on any atom is -1.00 e. The molecular formula is C25H31Cl2Zr. The van der Waals surface area contributed by atoms with Crippen LogP contribution in [0.4, 0.5) is 0 Å². The molecule has 0 N–H and O–H groups in total. The third kappa shape index (κ3) is 6.32. The van der Waals surface area contributed by atoms with Gasteiger partial charge in [0.25, 0.3) is 0 Å². The van der Waals surface area contributed by atoms with Gasteiger partial charge in [0.05, 0.1) is 0 Å². The Morgan fingerprint density at radius 2 is 1.50 bits per heavy atom. The zero-order chi connectivity index (χ0) is 18.4. The Kier molecular flexibility index (Phi) is 12.0. The molecule has 0 bridgehead atoms. The predicted molar refractivity (Wildman–Crippen MR) is 110 cm³/mol. The van der Waals surface area contributed by atoms with Gasteiger partial charge in [-0.15, -0.1) is 0 Å². The van der Waals surface area contributed by atoms with E-state index in [1.165, 1.54) is 73.6 Å². The number of benzene rings is 2. The summed E-state index contributed by atoms with van der Waals surface area (Å²) in [5, 5.41) is 0. The number of fused-ring (bicyclic) bond motifs is 1.